The normalized spacial score (nSPS) is 13.6. The maximum absolute atomic E-state index is 13.7. The Labute approximate surface area is 110 Å². The minimum absolute atomic E-state index is 0.0705. The molecule has 8 heteroatoms. The van der Waals surface area contributed by atoms with Crippen LogP contribution in [0.15, 0.2) is 17.0 Å². The standard InChI is InChI=1S/C10H14ClFN2O3S/c1-6(5-17-2)14-18(15,16)9-4-7(13)3-8(11)10(9)12/h3-4,6,14H,5,13H2,1-2H3. The molecule has 0 saturated heterocycles. The summed E-state index contributed by atoms with van der Waals surface area (Å²) in [5, 5.41) is -0.338. The third-order valence-electron chi connectivity index (χ3n) is 2.08. The van der Waals surface area contributed by atoms with Gasteiger partial charge in [-0.2, -0.15) is 0 Å². The molecule has 1 atom stereocenters. The summed E-state index contributed by atoms with van der Waals surface area (Å²) < 4.78 is 44.6. The van der Waals surface area contributed by atoms with Gasteiger partial charge in [-0.1, -0.05) is 11.6 Å². The number of methoxy groups -OCH3 is 1. The van der Waals surface area contributed by atoms with Crippen LogP contribution in [0.3, 0.4) is 0 Å². The van der Waals surface area contributed by atoms with Crippen molar-refractivity contribution >= 4 is 27.3 Å². The largest absolute Gasteiger partial charge is 0.399 e. The van der Waals surface area contributed by atoms with Gasteiger partial charge in [0.15, 0.2) is 5.82 Å². The van der Waals surface area contributed by atoms with Crippen molar-refractivity contribution in [3.63, 3.8) is 0 Å². The van der Waals surface area contributed by atoms with Crippen molar-refractivity contribution in [3.05, 3.63) is 23.0 Å². The van der Waals surface area contributed by atoms with Gasteiger partial charge in [0.25, 0.3) is 0 Å². The minimum atomic E-state index is -4.03. The van der Waals surface area contributed by atoms with Crippen LogP contribution in [0.1, 0.15) is 6.92 Å². The van der Waals surface area contributed by atoms with Crippen LogP contribution in [0.25, 0.3) is 0 Å². The number of benzene rings is 1. The van der Waals surface area contributed by atoms with Crippen molar-refractivity contribution < 1.29 is 17.5 Å². The maximum Gasteiger partial charge on any atom is 0.243 e. The van der Waals surface area contributed by atoms with Crippen LogP contribution in [-0.2, 0) is 14.8 Å². The van der Waals surface area contributed by atoms with E-state index in [1.165, 1.54) is 7.11 Å². The highest BCUT2D eigenvalue weighted by Crippen LogP contribution is 2.25. The van der Waals surface area contributed by atoms with E-state index in [1.807, 2.05) is 0 Å². The number of nitrogen functional groups attached to an aromatic ring is 1. The summed E-state index contributed by atoms with van der Waals surface area (Å²) in [5.74, 6) is -1.03. The first kappa shape index (κ1) is 15.2. The van der Waals surface area contributed by atoms with E-state index in [-0.39, 0.29) is 17.3 Å². The number of rotatable bonds is 5. The lowest BCUT2D eigenvalue weighted by Crippen LogP contribution is -2.36. The smallest absolute Gasteiger partial charge is 0.243 e. The average Bonchev–Trinajstić information content (AvgIpc) is 2.22. The first-order valence-electron chi connectivity index (χ1n) is 5.03. The molecule has 18 heavy (non-hydrogen) atoms. The predicted molar refractivity (Wildman–Crippen MR) is 67.5 cm³/mol. The van der Waals surface area contributed by atoms with Crippen molar-refractivity contribution in [1.82, 2.24) is 4.72 Å². The molecule has 0 fully saturated rings. The Hall–Kier alpha value is -0.890. The van der Waals surface area contributed by atoms with Crippen molar-refractivity contribution in [2.75, 3.05) is 19.5 Å². The second-order valence-corrected chi connectivity index (χ2v) is 5.88. The van der Waals surface area contributed by atoms with Gasteiger partial charge in [0, 0.05) is 18.8 Å². The molecule has 0 saturated carbocycles. The van der Waals surface area contributed by atoms with Gasteiger partial charge in [-0.3, -0.25) is 0 Å². The summed E-state index contributed by atoms with van der Waals surface area (Å²) in [5.41, 5.74) is 5.52. The van der Waals surface area contributed by atoms with Crippen LogP contribution in [0, 0.1) is 5.82 Å². The predicted octanol–water partition coefficient (Wildman–Crippen LogP) is 1.37. The van der Waals surface area contributed by atoms with Crippen molar-refractivity contribution in [2.24, 2.45) is 0 Å². The highest BCUT2D eigenvalue weighted by atomic mass is 35.5. The fraction of sp³-hybridized carbons (Fsp3) is 0.400. The molecule has 1 rings (SSSR count). The van der Waals surface area contributed by atoms with E-state index in [2.05, 4.69) is 4.72 Å². The number of sulfonamides is 1. The number of hydrogen-bond acceptors (Lipinski definition) is 4. The molecule has 1 aromatic rings. The number of hydrogen-bond donors (Lipinski definition) is 2. The van der Waals surface area contributed by atoms with Gasteiger partial charge in [-0.25, -0.2) is 17.5 Å². The molecular formula is C10H14ClFN2O3S. The van der Waals surface area contributed by atoms with Crippen LogP contribution < -0.4 is 10.5 Å². The molecule has 102 valence electrons. The first-order valence-corrected chi connectivity index (χ1v) is 6.90. The van der Waals surface area contributed by atoms with Gasteiger partial charge in [-0.05, 0) is 19.1 Å². The summed E-state index contributed by atoms with van der Waals surface area (Å²) >= 11 is 5.55. The zero-order valence-corrected chi connectivity index (χ0v) is 11.5. The highest BCUT2D eigenvalue weighted by molar-refractivity contribution is 7.89. The van der Waals surface area contributed by atoms with E-state index in [0.29, 0.717) is 0 Å². The lowest BCUT2D eigenvalue weighted by atomic mass is 10.3. The number of halogens is 2. The highest BCUT2D eigenvalue weighted by Gasteiger charge is 2.23. The molecule has 0 heterocycles. The van der Waals surface area contributed by atoms with Crippen LogP contribution >= 0.6 is 11.6 Å². The Morgan fingerprint density at radius 2 is 2.17 bits per heavy atom. The Balaban J connectivity index is 3.13. The van der Waals surface area contributed by atoms with Gasteiger partial charge >= 0.3 is 0 Å². The summed E-state index contributed by atoms with van der Waals surface area (Å²) in [4.78, 5) is -0.574. The first-order chi connectivity index (χ1) is 8.27. The van der Waals surface area contributed by atoms with Gasteiger partial charge < -0.3 is 10.5 Å². The van der Waals surface area contributed by atoms with Gasteiger partial charge in [0.2, 0.25) is 10.0 Å². The number of anilines is 1. The molecule has 0 amide bonds. The lowest BCUT2D eigenvalue weighted by molar-refractivity contribution is 0.180. The lowest BCUT2D eigenvalue weighted by Gasteiger charge is -2.14. The van der Waals surface area contributed by atoms with Crippen LogP contribution in [0.4, 0.5) is 10.1 Å². The summed E-state index contributed by atoms with van der Waals surface area (Å²) in [6, 6.07) is 1.66. The van der Waals surface area contributed by atoms with Gasteiger partial charge in [0.05, 0.1) is 11.6 Å². The second-order valence-electron chi connectivity index (χ2n) is 3.79. The zero-order valence-electron chi connectivity index (χ0n) is 9.91. The topological polar surface area (TPSA) is 81.4 Å². The van der Waals surface area contributed by atoms with Crippen molar-refractivity contribution in [1.29, 1.82) is 0 Å². The second kappa shape index (κ2) is 5.83. The summed E-state index contributed by atoms with van der Waals surface area (Å²) in [6.07, 6.45) is 0. The Morgan fingerprint density at radius 1 is 1.56 bits per heavy atom. The van der Waals surface area contributed by atoms with E-state index in [9.17, 15) is 12.8 Å². The van der Waals surface area contributed by atoms with Crippen LogP contribution in [0.5, 0.6) is 0 Å². The molecule has 0 spiro atoms. The maximum atomic E-state index is 13.7. The molecule has 0 radical (unpaired) electrons. The van der Waals surface area contributed by atoms with E-state index in [1.54, 1.807) is 6.92 Å². The number of nitrogens with one attached hydrogen (secondary N) is 1. The minimum Gasteiger partial charge on any atom is -0.399 e. The Kier molecular flexibility index (Phi) is 4.92. The fourth-order valence-electron chi connectivity index (χ4n) is 1.39. The van der Waals surface area contributed by atoms with Gasteiger partial charge in [-0.15, -0.1) is 0 Å². The fourth-order valence-corrected chi connectivity index (χ4v) is 3.04. The summed E-state index contributed by atoms with van der Waals surface area (Å²) in [6.45, 7) is 1.75. The molecule has 3 N–H and O–H groups in total. The van der Waals surface area contributed by atoms with Crippen molar-refractivity contribution in [2.45, 2.75) is 17.9 Å². The Morgan fingerprint density at radius 3 is 2.72 bits per heavy atom. The average molecular weight is 297 g/mol. The van der Waals surface area contributed by atoms with E-state index < -0.39 is 26.8 Å². The molecule has 0 aliphatic rings. The quantitative estimate of drug-likeness (QED) is 0.804. The molecule has 1 unspecified atom stereocenters. The SMILES string of the molecule is COCC(C)NS(=O)(=O)c1cc(N)cc(Cl)c1F. The zero-order chi connectivity index (χ0) is 13.9. The van der Waals surface area contributed by atoms with Crippen LogP contribution in [-0.4, -0.2) is 28.2 Å². The van der Waals surface area contributed by atoms with E-state index in [4.69, 9.17) is 22.1 Å². The molecule has 0 aliphatic carbocycles. The molecule has 0 aliphatic heterocycles. The third-order valence-corrected chi connectivity index (χ3v) is 3.94. The monoisotopic (exact) mass is 296 g/mol. The summed E-state index contributed by atoms with van der Waals surface area (Å²) in [7, 11) is -2.59. The molecule has 1 aromatic carbocycles. The van der Waals surface area contributed by atoms with Gasteiger partial charge in [0.1, 0.15) is 4.90 Å². The van der Waals surface area contributed by atoms with E-state index in [0.717, 1.165) is 12.1 Å². The molecule has 5 nitrogen and oxygen atoms in total. The molecule has 0 bridgehead atoms. The van der Waals surface area contributed by atoms with Crippen molar-refractivity contribution in [3.8, 4) is 0 Å². The number of nitrogens with two attached hydrogens (primary N) is 1. The molecular weight excluding hydrogens is 283 g/mol. The van der Waals surface area contributed by atoms with Crippen LogP contribution in [0.2, 0.25) is 5.02 Å². The third kappa shape index (κ3) is 3.55. The van der Waals surface area contributed by atoms with E-state index >= 15 is 0 Å². The Bertz CT molecular complexity index is 536. The number of ether oxygens (including phenoxy) is 1. The molecule has 0 aromatic heterocycles.